The molecule has 1 saturated heterocycles. The SMILES string of the molecule is Cc1cc(C)cc(NC(=O)C2CC(=O)N(c3cccc(C)c3)C2)c1. The maximum atomic E-state index is 12.5. The van der Waals surface area contributed by atoms with E-state index in [0.29, 0.717) is 6.54 Å². The van der Waals surface area contributed by atoms with Gasteiger partial charge in [0, 0.05) is 24.3 Å². The van der Waals surface area contributed by atoms with E-state index in [0.717, 1.165) is 28.1 Å². The Kier molecular flexibility index (Phi) is 4.38. The van der Waals surface area contributed by atoms with Crippen LogP contribution in [0.25, 0.3) is 0 Å². The molecule has 4 nitrogen and oxygen atoms in total. The minimum atomic E-state index is -0.321. The molecule has 24 heavy (non-hydrogen) atoms. The second-order valence-corrected chi connectivity index (χ2v) is 6.61. The number of amides is 2. The van der Waals surface area contributed by atoms with Gasteiger partial charge in [-0.15, -0.1) is 0 Å². The summed E-state index contributed by atoms with van der Waals surface area (Å²) >= 11 is 0. The topological polar surface area (TPSA) is 49.4 Å². The van der Waals surface area contributed by atoms with Gasteiger partial charge >= 0.3 is 0 Å². The lowest BCUT2D eigenvalue weighted by molar-refractivity contribution is -0.122. The number of aryl methyl sites for hydroxylation is 3. The maximum Gasteiger partial charge on any atom is 0.229 e. The van der Waals surface area contributed by atoms with Gasteiger partial charge in [-0.3, -0.25) is 9.59 Å². The van der Waals surface area contributed by atoms with Gasteiger partial charge in [0.2, 0.25) is 11.8 Å². The standard InChI is InChI=1S/C20H22N2O2/c1-13-5-4-6-18(10-13)22-12-16(11-19(22)23)20(24)21-17-8-14(2)7-15(3)9-17/h4-10,16H,11-12H2,1-3H3,(H,21,24). The van der Waals surface area contributed by atoms with Crippen molar-refractivity contribution in [2.75, 3.05) is 16.8 Å². The molecule has 124 valence electrons. The molecule has 1 aliphatic heterocycles. The first-order valence-electron chi connectivity index (χ1n) is 8.18. The molecule has 1 unspecified atom stereocenters. The maximum absolute atomic E-state index is 12.5. The lowest BCUT2D eigenvalue weighted by atomic mass is 10.1. The van der Waals surface area contributed by atoms with E-state index >= 15 is 0 Å². The van der Waals surface area contributed by atoms with Crippen LogP contribution in [0.1, 0.15) is 23.1 Å². The van der Waals surface area contributed by atoms with Crippen molar-refractivity contribution in [1.29, 1.82) is 0 Å². The van der Waals surface area contributed by atoms with E-state index in [1.807, 2.05) is 57.2 Å². The minimum absolute atomic E-state index is 0.00109. The largest absolute Gasteiger partial charge is 0.326 e. The third-order valence-corrected chi connectivity index (χ3v) is 4.30. The van der Waals surface area contributed by atoms with Crippen LogP contribution in [0.5, 0.6) is 0 Å². The second-order valence-electron chi connectivity index (χ2n) is 6.61. The molecule has 0 aliphatic carbocycles. The Bertz CT molecular complexity index is 778. The molecule has 1 fully saturated rings. The summed E-state index contributed by atoms with van der Waals surface area (Å²) < 4.78 is 0. The fourth-order valence-corrected chi connectivity index (χ4v) is 3.22. The van der Waals surface area contributed by atoms with Gasteiger partial charge in [0.05, 0.1) is 5.92 Å². The Morgan fingerprint density at radius 1 is 1.04 bits per heavy atom. The third-order valence-electron chi connectivity index (χ3n) is 4.30. The van der Waals surface area contributed by atoms with Crippen molar-refractivity contribution in [2.24, 2.45) is 5.92 Å². The van der Waals surface area contributed by atoms with Crippen LogP contribution >= 0.6 is 0 Å². The molecular weight excluding hydrogens is 300 g/mol. The fraction of sp³-hybridized carbons (Fsp3) is 0.300. The summed E-state index contributed by atoms with van der Waals surface area (Å²) in [5.41, 5.74) is 4.97. The van der Waals surface area contributed by atoms with Crippen LogP contribution in [0.15, 0.2) is 42.5 Å². The predicted molar refractivity (Wildman–Crippen MR) is 96.2 cm³/mol. The third kappa shape index (κ3) is 3.48. The van der Waals surface area contributed by atoms with Gasteiger partial charge in [0.1, 0.15) is 0 Å². The van der Waals surface area contributed by atoms with E-state index in [1.165, 1.54) is 0 Å². The van der Waals surface area contributed by atoms with Crippen molar-refractivity contribution >= 4 is 23.2 Å². The molecule has 1 aliphatic rings. The number of anilines is 2. The van der Waals surface area contributed by atoms with E-state index in [4.69, 9.17) is 0 Å². The molecule has 1 heterocycles. The average Bonchev–Trinajstić information content (AvgIpc) is 2.88. The lowest BCUT2D eigenvalue weighted by Gasteiger charge is -2.17. The van der Waals surface area contributed by atoms with Gasteiger partial charge in [0.15, 0.2) is 0 Å². The van der Waals surface area contributed by atoms with Crippen LogP contribution < -0.4 is 10.2 Å². The van der Waals surface area contributed by atoms with Gasteiger partial charge in [-0.25, -0.2) is 0 Å². The number of hydrogen-bond acceptors (Lipinski definition) is 2. The zero-order chi connectivity index (χ0) is 17.3. The molecule has 4 heteroatoms. The average molecular weight is 322 g/mol. The van der Waals surface area contributed by atoms with Gasteiger partial charge in [-0.05, 0) is 61.7 Å². The number of nitrogens with zero attached hydrogens (tertiary/aromatic N) is 1. The Balaban J connectivity index is 1.72. The van der Waals surface area contributed by atoms with Crippen LogP contribution in [0, 0.1) is 26.7 Å². The zero-order valence-electron chi connectivity index (χ0n) is 14.3. The van der Waals surface area contributed by atoms with E-state index in [1.54, 1.807) is 4.90 Å². The Labute approximate surface area is 142 Å². The highest BCUT2D eigenvalue weighted by atomic mass is 16.2. The number of hydrogen-bond donors (Lipinski definition) is 1. The molecule has 0 radical (unpaired) electrons. The summed E-state index contributed by atoms with van der Waals surface area (Å²) in [6.45, 7) is 6.43. The summed E-state index contributed by atoms with van der Waals surface area (Å²) in [6, 6.07) is 13.8. The molecule has 0 spiro atoms. The normalized spacial score (nSPS) is 17.2. The molecule has 1 N–H and O–H groups in total. The van der Waals surface area contributed by atoms with Crippen molar-refractivity contribution < 1.29 is 9.59 Å². The van der Waals surface area contributed by atoms with E-state index in [2.05, 4.69) is 11.4 Å². The van der Waals surface area contributed by atoms with Crippen LogP contribution in [0.2, 0.25) is 0 Å². The number of rotatable bonds is 3. The van der Waals surface area contributed by atoms with E-state index in [-0.39, 0.29) is 24.2 Å². The van der Waals surface area contributed by atoms with Crippen molar-refractivity contribution in [3.8, 4) is 0 Å². The highest BCUT2D eigenvalue weighted by Crippen LogP contribution is 2.27. The predicted octanol–water partition coefficient (Wildman–Crippen LogP) is 3.60. The summed E-state index contributed by atoms with van der Waals surface area (Å²) in [7, 11) is 0. The van der Waals surface area contributed by atoms with E-state index in [9.17, 15) is 9.59 Å². The number of nitrogens with one attached hydrogen (secondary N) is 1. The number of benzene rings is 2. The molecule has 2 aromatic rings. The van der Waals surface area contributed by atoms with Gasteiger partial charge in [-0.1, -0.05) is 18.2 Å². The van der Waals surface area contributed by atoms with Crippen molar-refractivity contribution in [1.82, 2.24) is 0 Å². The van der Waals surface area contributed by atoms with Crippen molar-refractivity contribution in [2.45, 2.75) is 27.2 Å². The summed E-state index contributed by atoms with van der Waals surface area (Å²) in [6.07, 6.45) is 0.255. The molecule has 2 aromatic carbocycles. The highest BCUT2D eigenvalue weighted by molar-refractivity contribution is 6.03. The molecule has 0 bridgehead atoms. The van der Waals surface area contributed by atoms with Crippen LogP contribution in [0.3, 0.4) is 0 Å². The van der Waals surface area contributed by atoms with Gasteiger partial charge in [0.25, 0.3) is 0 Å². The highest BCUT2D eigenvalue weighted by Gasteiger charge is 2.35. The van der Waals surface area contributed by atoms with Gasteiger partial charge in [-0.2, -0.15) is 0 Å². The van der Waals surface area contributed by atoms with E-state index < -0.39 is 0 Å². The van der Waals surface area contributed by atoms with Crippen molar-refractivity contribution in [3.05, 3.63) is 59.2 Å². The first-order chi connectivity index (χ1) is 11.4. The zero-order valence-corrected chi connectivity index (χ0v) is 14.3. The molecule has 3 rings (SSSR count). The lowest BCUT2D eigenvalue weighted by Crippen LogP contribution is -2.28. The second kappa shape index (κ2) is 6.48. The molecular formula is C20H22N2O2. The number of carbonyl (C=O) groups excluding carboxylic acids is 2. The number of carbonyl (C=O) groups is 2. The quantitative estimate of drug-likeness (QED) is 0.938. The molecule has 2 amide bonds. The molecule has 0 saturated carbocycles. The minimum Gasteiger partial charge on any atom is -0.326 e. The summed E-state index contributed by atoms with van der Waals surface area (Å²) in [4.78, 5) is 26.6. The molecule has 0 aromatic heterocycles. The summed E-state index contributed by atoms with van der Waals surface area (Å²) in [5, 5.41) is 2.95. The molecule has 1 atom stereocenters. The van der Waals surface area contributed by atoms with Crippen LogP contribution in [-0.4, -0.2) is 18.4 Å². The Morgan fingerprint density at radius 3 is 2.42 bits per heavy atom. The van der Waals surface area contributed by atoms with Gasteiger partial charge < -0.3 is 10.2 Å². The summed E-state index contributed by atoms with van der Waals surface area (Å²) in [5.74, 6) is -0.413. The first-order valence-corrected chi connectivity index (χ1v) is 8.18. The smallest absolute Gasteiger partial charge is 0.229 e. The first kappa shape index (κ1) is 16.2. The van der Waals surface area contributed by atoms with Crippen molar-refractivity contribution in [3.63, 3.8) is 0 Å². The Morgan fingerprint density at radius 2 is 1.75 bits per heavy atom. The van der Waals surface area contributed by atoms with Crippen LogP contribution in [0.4, 0.5) is 11.4 Å². The van der Waals surface area contributed by atoms with Crippen LogP contribution in [-0.2, 0) is 9.59 Å². The fourth-order valence-electron chi connectivity index (χ4n) is 3.22. The monoisotopic (exact) mass is 322 g/mol. The Hall–Kier alpha value is -2.62.